The minimum atomic E-state index is -0.288. The standard InChI is InChI=1S/C17H12N2O4/c20-16-13-6-1-2-7-14(13)17(21)19(16)9-4-3-5-12-8-10-23-15(12)11-18-22/h1-2,6-8,10-11,22H,4,9H2/b18-11+. The SMILES string of the molecule is O=C1c2ccccc2C(=O)N1CCC#Cc1ccoc1/C=N/O. The molecule has 0 saturated carbocycles. The molecule has 1 aromatic heterocycles. The first kappa shape index (κ1) is 14.6. The fraction of sp³-hybridized carbons (Fsp3) is 0.118. The first-order valence-electron chi connectivity index (χ1n) is 6.91. The molecule has 0 atom stereocenters. The van der Waals surface area contributed by atoms with Gasteiger partial charge in [-0.1, -0.05) is 29.1 Å². The van der Waals surface area contributed by atoms with E-state index in [1.807, 2.05) is 0 Å². The molecule has 2 amide bonds. The Labute approximate surface area is 132 Å². The third kappa shape index (κ3) is 2.72. The van der Waals surface area contributed by atoms with Crippen molar-refractivity contribution in [2.45, 2.75) is 6.42 Å². The van der Waals surface area contributed by atoms with Crippen LogP contribution in [0.3, 0.4) is 0 Å². The van der Waals surface area contributed by atoms with Gasteiger partial charge in [0.1, 0.15) is 6.21 Å². The highest BCUT2D eigenvalue weighted by Crippen LogP contribution is 2.22. The summed E-state index contributed by atoms with van der Waals surface area (Å²) >= 11 is 0. The monoisotopic (exact) mass is 308 g/mol. The molecule has 3 rings (SSSR count). The summed E-state index contributed by atoms with van der Waals surface area (Å²) in [6, 6.07) is 8.40. The van der Waals surface area contributed by atoms with Crippen LogP contribution in [0.2, 0.25) is 0 Å². The van der Waals surface area contributed by atoms with E-state index in [0.29, 0.717) is 28.9 Å². The van der Waals surface area contributed by atoms with E-state index in [4.69, 9.17) is 9.62 Å². The summed E-state index contributed by atoms with van der Waals surface area (Å²) in [6.45, 7) is 0.223. The number of benzene rings is 1. The van der Waals surface area contributed by atoms with Gasteiger partial charge in [-0.3, -0.25) is 14.5 Å². The summed E-state index contributed by atoms with van der Waals surface area (Å²) in [5.41, 5.74) is 1.44. The molecule has 2 heterocycles. The topological polar surface area (TPSA) is 83.1 Å². The van der Waals surface area contributed by atoms with Gasteiger partial charge in [-0.05, 0) is 18.2 Å². The van der Waals surface area contributed by atoms with Crippen LogP contribution in [0.1, 0.15) is 38.5 Å². The number of carbonyl (C=O) groups excluding carboxylic acids is 2. The van der Waals surface area contributed by atoms with Crippen molar-refractivity contribution in [2.24, 2.45) is 5.16 Å². The molecule has 6 heteroatoms. The van der Waals surface area contributed by atoms with Crippen LogP contribution in [0.15, 0.2) is 46.2 Å². The lowest BCUT2D eigenvalue weighted by atomic mass is 10.1. The Hall–Kier alpha value is -3.33. The number of amides is 2. The van der Waals surface area contributed by atoms with Gasteiger partial charge in [0.2, 0.25) is 0 Å². The van der Waals surface area contributed by atoms with E-state index in [2.05, 4.69) is 17.0 Å². The van der Waals surface area contributed by atoms with E-state index < -0.39 is 0 Å². The number of furan rings is 1. The zero-order valence-electron chi connectivity index (χ0n) is 12.0. The fourth-order valence-electron chi connectivity index (χ4n) is 2.34. The minimum absolute atomic E-state index is 0.223. The molecule has 114 valence electrons. The maximum atomic E-state index is 12.2. The summed E-state index contributed by atoms with van der Waals surface area (Å²) in [7, 11) is 0. The van der Waals surface area contributed by atoms with Crippen molar-refractivity contribution >= 4 is 18.0 Å². The largest absolute Gasteiger partial charge is 0.462 e. The third-order valence-corrected chi connectivity index (χ3v) is 3.43. The van der Waals surface area contributed by atoms with Gasteiger partial charge in [0.05, 0.1) is 23.0 Å². The van der Waals surface area contributed by atoms with Gasteiger partial charge in [0, 0.05) is 13.0 Å². The zero-order chi connectivity index (χ0) is 16.2. The molecular weight excluding hydrogens is 296 g/mol. The van der Waals surface area contributed by atoms with Crippen molar-refractivity contribution in [3.05, 3.63) is 59.0 Å². The number of rotatable bonds is 3. The van der Waals surface area contributed by atoms with Gasteiger partial charge >= 0.3 is 0 Å². The summed E-state index contributed by atoms with van der Waals surface area (Å²) < 4.78 is 5.08. The van der Waals surface area contributed by atoms with Gasteiger partial charge in [-0.25, -0.2) is 0 Å². The Morgan fingerprint density at radius 3 is 2.52 bits per heavy atom. The van der Waals surface area contributed by atoms with Gasteiger partial charge < -0.3 is 9.62 Å². The lowest BCUT2D eigenvalue weighted by molar-refractivity contribution is 0.0658. The van der Waals surface area contributed by atoms with E-state index in [0.717, 1.165) is 6.21 Å². The number of imide groups is 1. The minimum Gasteiger partial charge on any atom is -0.462 e. The van der Waals surface area contributed by atoms with Crippen molar-refractivity contribution < 1.29 is 19.2 Å². The molecule has 6 nitrogen and oxygen atoms in total. The highest BCUT2D eigenvalue weighted by Gasteiger charge is 2.34. The Morgan fingerprint density at radius 2 is 1.87 bits per heavy atom. The van der Waals surface area contributed by atoms with Gasteiger partial charge in [-0.15, -0.1) is 0 Å². The van der Waals surface area contributed by atoms with E-state index in [9.17, 15) is 9.59 Å². The Balaban J connectivity index is 1.67. The summed E-state index contributed by atoms with van der Waals surface area (Å²) in [5.74, 6) is 5.51. The number of hydrogen-bond donors (Lipinski definition) is 1. The molecule has 2 aromatic rings. The van der Waals surface area contributed by atoms with E-state index in [-0.39, 0.29) is 18.4 Å². The molecule has 0 unspecified atom stereocenters. The van der Waals surface area contributed by atoms with Gasteiger partial charge in [0.25, 0.3) is 11.8 Å². The van der Waals surface area contributed by atoms with Crippen molar-refractivity contribution in [1.82, 2.24) is 4.90 Å². The molecule has 1 aromatic carbocycles. The lowest BCUT2D eigenvalue weighted by Crippen LogP contribution is -2.30. The van der Waals surface area contributed by atoms with Crippen LogP contribution >= 0.6 is 0 Å². The Bertz CT molecular complexity index is 820. The summed E-state index contributed by atoms with van der Waals surface area (Å²) in [5, 5.41) is 11.4. The van der Waals surface area contributed by atoms with Crippen LogP contribution in [0.25, 0.3) is 0 Å². The maximum Gasteiger partial charge on any atom is 0.261 e. The average Bonchev–Trinajstić information content (AvgIpc) is 3.10. The molecule has 0 bridgehead atoms. The molecule has 1 aliphatic rings. The third-order valence-electron chi connectivity index (χ3n) is 3.43. The van der Waals surface area contributed by atoms with Crippen LogP contribution in [-0.2, 0) is 0 Å². The lowest BCUT2D eigenvalue weighted by Gasteiger charge is -2.10. The van der Waals surface area contributed by atoms with Crippen LogP contribution in [0.5, 0.6) is 0 Å². The first-order valence-corrected chi connectivity index (χ1v) is 6.91. The zero-order valence-corrected chi connectivity index (χ0v) is 12.0. The molecule has 0 saturated heterocycles. The number of carbonyl (C=O) groups is 2. The molecule has 23 heavy (non-hydrogen) atoms. The molecule has 0 radical (unpaired) electrons. The molecule has 0 aliphatic carbocycles. The van der Waals surface area contributed by atoms with Crippen molar-refractivity contribution in [3.63, 3.8) is 0 Å². The highest BCUT2D eigenvalue weighted by atomic mass is 16.4. The van der Waals surface area contributed by atoms with Crippen LogP contribution in [-0.4, -0.2) is 34.7 Å². The molecule has 1 N–H and O–H groups in total. The van der Waals surface area contributed by atoms with Crippen molar-refractivity contribution in [1.29, 1.82) is 0 Å². The Kier molecular flexibility index (Phi) is 3.93. The quantitative estimate of drug-likeness (QED) is 0.309. The second-order valence-electron chi connectivity index (χ2n) is 4.80. The normalized spacial score (nSPS) is 13.3. The second-order valence-corrected chi connectivity index (χ2v) is 4.80. The van der Waals surface area contributed by atoms with Crippen LogP contribution in [0, 0.1) is 11.8 Å². The van der Waals surface area contributed by atoms with Crippen LogP contribution < -0.4 is 0 Å². The maximum absolute atomic E-state index is 12.2. The summed E-state index contributed by atoms with van der Waals surface area (Å²) in [4.78, 5) is 25.5. The molecular formula is C17H12N2O4. The number of oxime groups is 1. The number of fused-ring (bicyclic) bond motifs is 1. The number of hydrogen-bond acceptors (Lipinski definition) is 5. The average molecular weight is 308 g/mol. The van der Waals surface area contributed by atoms with Gasteiger partial charge in [0.15, 0.2) is 5.76 Å². The smallest absolute Gasteiger partial charge is 0.261 e. The van der Waals surface area contributed by atoms with Crippen molar-refractivity contribution in [2.75, 3.05) is 6.54 Å². The van der Waals surface area contributed by atoms with Crippen LogP contribution in [0.4, 0.5) is 0 Å². The Morgan fingerprint density at radius 1 is 1.17 bits per heavy atom. The molecule has 0 fully saturated rings. The van der Waals surface area contributed by atoms with E-state index in [1.165, 1.54) is 11.2 Å². The highest BCUT2D eigenvalue weighted by molar-refractivity contribution is 6.21. The second kappa shape index (κ2) is 6.20. The van der Waals surface area contributed by atoms with E-state index >= 15 is 0 Å². The first-order chi connectivity index (χ1) is 11.2. The number of nitrogens with zero attached hydrogens (tertiary/aromatic N) is 2. The predicted octanol–water partition coefficient (Wildman–Crippen LogP) is 2.13. The van der Waals surface area contributed by atoms with Crippen molar-refractivity contribution in [3.8, 4) is 11.8 Å². The van der Waals surface area contributed by atoms with Gasteiger partial charge in [-0.2, -0.15) is 0 Å². The van der Waals surface area contributed by atoms with E-state index in [1.54, 1.807) is 30.3 Å². The predicted molar refractivity (Wildman–Crippen MR) is 81.4 cm³/mol. The molecule has 0 spiro atoms. The summed E-state index contributed by atoms with van der Waals surface area (Å²) in [6.07, 6.45) is 2.92. The molecule has 1 aliphatic heterocycles. The fourth-order valence-corrected chi connectivity index (χ4v) is 2.34.